The molecule has 0 saturated carbocycles. The average Bonchev–Trinajstić information content (AvgIpc) is 2.51. The number of carboxylic acids is 1. The molecule has 0 fully saturated rings. The molecule has 0 bridgehead atoms. The Morgan fingerprint density at radius 1 is 1.08 bits per heavy atom. The highest BCUT2D eigenvalue weighted by Crippen LogP contribution is 2.24. The molecule has 24 heavy (non-hydrogen) atoms. The van der Waals surface area contributed by atoms with E-state index in [4.69, 9.17) is 5.11 Å². The van der Waals surface area contributed by atoms with Crippen molar-refractivity contribution in [1.82, 2.24) is 9.97 Å². The normalized spacial score (nSPS) is 10.6. The molecule has 3 rings (SSSR count). The number of fused-ring (bicyclic) bond motifs is 1. The van der Waals surface area contributed by atoms with Crippen LogP contribution in [-0.4, -0.2) is 27.6 Å². The van der Waals surface area contributed by atoms with Crippen LogP contribution in [-0.2, 0) is 4.79 Å². The van der Waals surface area contributed by atoms with E-state index in [2.05, 4.69) is 26.7 Å². The van der Waals surface area contributed by atoms with Gasteiger partial charge in [-0.25, -0.2) is 4.98 Å². The molecule has 0 atom stereocenters. The van der Waals surface area contributed by atoms with E-state index < -0.39 is 5.97 Å². The van der Waals surface area contributed by atoms with Crippen molar-refractivity contribution in [2.75, 3.05) is 17.2 Å². The Bertz CT molecular complexity index is 888. The molecule has 0 aliphatic heterocycles. The first-order valence-corrected chi connectivity index (χ1v) is 7.59. The molecule has 1 heterocycles. The predicted octanol–water partition coefficient (Wildman–Crippen LogP) is 3.49. The highest BCUT2D eigenvalue weighted by molar-refractivity contribution is 5.91. The van der Waals surface area contributed by atoms with Crippen LogP contribution in [0.3, 0.4) is 0 Å². The SMILES string of the molecule is Cc1cc(C)cc(Nc2nc(NCC(=O)O)c3ccccc3n2)c1. The summed E-state index contributed by atoms with van der Waals surface area (Å²) in [7, 11) is 0. The predicted molar refractivity (Wildman–Crippen MR) is 94.9 cm³/mol. The number of aliphatic carboxylic acids is 1. The maximum absolute atomic E-state index is 10.8. The van der Waals surface area contributed by atoms with Crippen molar-refractivity contribution in [3.05, 3.63) is 53.6 Å². The van der Waals surface area contributed by atoms with Gasteiger partial charge in [-0.1, -0.05) is 18.2 Å². The minimum absolute atomic E-state index is 0.204. The van der Waals surface area contributed by atoms with E-state index in [1.807, 2.05) is 50.2 Å². The van der Waals surface area contributed by atoms with E-state index in [-0.39, 0.29) is 6.54 Å². The van der Waals surface area contributed by atoms with Crippen LogP contribution >= 0.6 is 0 Å². The van der Waals surface area contributed by atoms with Gasteiger partial charge in [0.2, 0.25) is 5.95 Å². The van der Waals surface area contributed by atoms with Crippen molar-refractivity contribution >= 4 is 34.3 Å². The van der Waals surface area contributed by atoms with E-state index >= 15 is 0 Å². The summed E-state index contributed by atoms with van der Waals surface area (Å²) in [5.74, 6) is -0.0250. The summed E-state index contributed by atoms with van der Waals surface area (Å²) in [6.07, 6.45) is 0. The molecule has 122 valence electrons. The number of anilines is 3. The highest BCUT2D eigenvalue weighted by Gasteiger charge is 2.09. The van der Waals surface area contributed by atoms with Crippen LogP contribution in [0.1, 0.15) is 11.1 Å². The molecular formula is C18H18N4O2. The van der Waals surface area contributed by atoms with Crippen LogP contribution in [0.5, 0.6) is 0 Å². The molecule has 6 nitrogen and oxygen atoms in total. The van der Waals surface area contributed by atoms with Gasteiger partial charge in [-0.05, 0) is 49.2 Å². The number of benzene rings is 2. The quantitative estimate of drug-likeness (QED) is 0.666. The summed E-state index contributed by atoms with van der Waals surface area (Å²) < 4.78 is 0. The molecule has 0 aliphatic rings. The third-order valence-corrected chi connectivity index (χ3v) is 3.49. The lowest BCUT2D eigenvalue weighted by Crippen LogP contribution is -2.14. The molecule has 0 saturated heterocycles. The smallest absolute Gasteiger partial charge is 0.322 e. The molecule has 1 aromatic heterocycles. The zero-order chi connectivity index (χ0) is 17.1. The van der Waals surface area contributed by atoms with Crippen LogP contribution in [0.15, 0.2) is 42.5 Å². The monoisotopic (exact) mass is 322 g/mol. The summed E-state index contributed by atoms with van der Waals surface area (Å²) >= 11 is 0. The number of aryl methyl sites for hydroxylation is 2. The molecule has 0 unspecified atom stereocenters. The lowest BCUT2D eigenvalue weighted by atomic mass is 10.1. The van der Waals surface area contributed by atoms with Crippen molar-refractivity contribution in [3.63, 3.8) is 0 Å². The van der Waals surface area contributed by atoms with Gasteiger partial charge in [0.1, 0.15) is 12.4 Å². The van der Waals surface area contributed by atoms with E-state index in [1.54, 1.807) is 0 Å². The molecule has 0 amide bonds. The van der Waals surface area contributed by atoms with Gasteiger partial charge in [-0.3, -0.25) is 4.79 Å². The number of rotatable bonds is 5. The summed E-state index contributed by atoms with van der Waals surface area (Å²) in [6, 6.07) is 13.6. The molecule has 0 radical (unpaired) electrons. The fourth-order valence-electron chi connectivity index (χ4n) is 2.60. The maximum atomic E-state index is 10.8. The lowest BCUT2D eigenvalue weighted by Gasteiger charge is -2.11. The summed E-state index contributed by atoms with van der Waals surface area (Å²) in [4.78, 5) is 19.8. The molecule has 0 spiro atoms. The van der Waals surface area contributed by atoms with Crippen LogP contribution in [0.2, 0.25) is 0 Å². The van der Waals surface area contributed by atoms with E-state index in [1.165, 1.54) is 0 Å². The molecule has 2 aromatic carbocycles. The molecule has 6 heteroatoms. The third kappa shape index (κ3) is 3.60. The number of aromatic nitrogens is 2. The number of nitrogens with one attached hydrogen (secondary N) is 2. The van der Waals surface area contributed by atoms with E-state index in [0.29, 0.717) is 11.8 Å². The second-order valence-corrected chi connectivity index (χ2v) is 5.66. The Balaban J connectivity index is 1.99. The Hall–Kier alpha value is -3.15. The number of hydrogen-bond acceptors (Lipinski definition) is 5. The van der Waals surface area contributed by atoms with Gasteiger partial charge in [0, 0.05) is 11.1 Å². The van der Waals surface area contributed by atoms with Gasteiger partial charge in [0.05, 0.1) is 5.52 Å². The second-order valence-electron chi connectivity index (χ2n) is 5.66. The van der Waals surface area contributed by atoms with Crippen LogP contribution in [0.4, 0.5) is 17.5 Å². The first-order chi connectivity index (χ1) is 11.5. The first kappa shape index (κ1) is 15.7. The molecule has 3 aromatic rings. The van der Waals surface area contributed by atoms with Gasteiger partial charge in [0.25, 0.3) is 0 Å². The number of carbonyl (C=O) groups is 1. The van der Waals surface area contributed by atoms with Gasteiger partial charge in [-0.15, -0.1) is 0 Å². The number of nitrogens with zero attached hydrogens (tertiary/aromatic N) is 2. The van der Waals surface area contributed by atoms with Gasteiger partial charge in [0.15, 0.2) is 0 Å². The van der Waals surface area contributed by atoms with Gasteiger partial charge >= 0.3 is 5.97 Å². The van der Waals surface area contributed by atoms with Crippen molar-refractivity contribution in [2.24, 2.45) is 0 Å². The standard InChI is InChI=1S/C18H18N4O2/c1-11-7-12(2)9-13(8-11)20-18-21-15-6-4-3-5-14(15)17(22-18)19-10-16(23)24/h3-9H,10H2,1-2H3,(H,23,24)(H2,19,20,21,22). The Morgan fingerprint density at radius 3 is 2.50 bits per heavy atom. The molecule has 0 aliphatic carbocycles. The lowest BCUT2D eigenvalue weighted by molar-refractivity contribution is -0.134. The van der Waals surface area contributed by atoms with Crippen molar-refractivity contribution in [2.45, 2.75) is 13.8 Å². The Labute approximate surface area is 139 Å². The van der Waals surface area contributed by atoms with E-state index in [9.17, 15) is 4.79 Å². The average molecular weight is 322 g/mol. The largest absolute Gasteiger partial charge is 0.480 e. The van der Waals surface area contributed by atoms with Crippen molar-refractivity contribution in [3.8, 4) is 0 Å². The zero-order valence-electron chi connectivity index (χ0n) is 13.5. The number of carboxylic acid groups (broad SMARTS) is 1. The Kier molecular flexibility index (Phi) is 4.29. The van der Waals surface area contributed by atoms with Crippen LogP contribution < -0.4 is 10.6 Å². The number of para-hydroxylation sites is 1. The fraction of sp³-hybridized carbons (Fsp3) is 0.167. The summed E-state index contributed by atoms with van der Waals surface area (Å²) in [6.45, 7) is 3.85. The third-order valence-electron chi connectivity index (χ3n) is 3.49. The second kappa shape index (κ2) is 6.54. The minimum Gasteiger partial charge on any atom is -0.480 e. The van der Waals surface area contributed by atoms with Gasteiger partial charge in [-0.2, -0.15) is 4.98 Å². The van der Waals surface area contributed by atoms with Crippen LogP contribution in [0, 0.1) is 13.8 Å². The Morgan fingerprint density at radius 2 is 1.79 bits per heavy atom. The zero-order valence-corrected chi connectivity index (χ0v) is 13.5. The van der Waals surface area contributed by atoms with Gasteiger partial charge < -0.3 is 15.7 Å². The molecule has 3 N–H and O–H groups in total. The highest BCUT2D eigenvalue weighted by atomic mass is 16.4. The summed E-state index contributed by atoms with van der Waals surface area (Å²) in [5.41, 5.74) is 3.92. The summed E-state index contributed by atoms with van der Waals surface area (Å²) in [5, 5.41) is 15.7. The topological polar surface area (TPSA) is 87.1 Å². The minimum atomic E-state index is -0.943. The van der Waals surface area contributed by atoms with E-state index in [0.717, 1.165) is 27.7 Å². The van der Waals surface area contributed by atoms with Crippen molar-refractivity contribution in [1.29, 1.82) is 0 Å². The maximum Gasteiger partial charge on any atom is 0.322 e. The molecular weight excluding hydrogens is 304 g/mol. The van der Waals surface area contributed by atoms with Crippen molar-refractivity contribution < 1.29 is 9.90 Å². The number of hydrogen-bond donors (Lipinski definition) is 3. The first-order valence-electron chi connectivity index (χ1n) is 7.59. The van der Waals surface area contributed by atoms with Crippen LogP contribution in [0.25, 0.3) is 10.9 Å². The fourth-order valence-corrected chi connectivity index (χ4v) is 2.60.